The third-order valence-electron chi connectivity index (χ3n) is 2.04. The standard InChI is InChI=1S/C11H9FN4OS/c12-7-1-3-8(4-2-7)18-11-9(10(13)16-17)14-5-6-15-11/h1-6,17H,(H2,13,16). The van der Waals surface area contributed by atoms with Gasteiger partial charge < -0.3 is 10.9 Å². The molecule has 0 amide bonds. The minimum atomic E-state index is -0.310. The van der Waals surface area contributed by atoms with Gasteiger partial charge in [-0.2, -0.15) is 0 Å². The van der Waals surface area contributed by atoms with Crippen LogP contribution in [-0.2, 0) is 0 Å². The van der Waals surface area contributed by atoms with Gasteiger partial charge in [0.15, 0.2) is 5.84 Å². The molecule has 0 saturated heterocycles. The van der Waals surface area contributed by atoms with Crippen LogP contribution >= 0.6 is 11.8 Å². The molecule has 2 aromatic rings. The molecule has 0 unspecified atom stereocenters. The van der Waals surface area contributed by atoms with Crippen molar-refractivity contribution >= 4 is 17.6 Å². The van der Waals surface area contributed by atoms with E-state index in [4.69, 9.17) is 10.9 Å². The van der Waals surface area contributed by atoms with E-state index >= 15 is 0 Å². The number of hydrogen-bond donors (Lipinski definition) is 2. The summed E-state index contributed by atoms with van der Waals surface area (Å²) in [6.45, 7) is 0. The SMILES string of the molecule is NC(=NO)c1nccnc1Sc1ccc(F)cc1. The number of aromatic nitrogens is 2. The quantitative estimate of drug-likeness (QED) is 0.382. The van der Waals surface area contributed by atoms with Crippen LogP contribution in [0.2, 0.25) is 0 Å². The Hall–Kier alpha value is -2.15. The third-order valence-corrected chi connectivity index (χ3v) is 3.04. The molecular formula is C11H9FN4OS. The Morgan fingerprint density at radius 3 is 2.56 bits per heavy atom. The van der Waals surface area contributed by atoms with E-state index in [-0.39, 0.29) is 17.3 Å². The summed E-state index contributed by atoms with van der Waals surface area (Å²) in [5, 5.41) is 12.0. The Bertz CT molecular complexity index is 574. The molecule has 5 nitrogen and oxygen atoms in total. The highest BCUT2D eigenvalue weighted by Crippen LogP contribution is 2.27. The Morgan fingerprint density at radius 2 is 1.89 bits per heavy atom. The van der Waals surface area contributed by atoms with E-state index in [1.165, 1.54) is 36.3 Å². The predicted molar refractivity (Wildman–Crippen MR) is 65.1 cm³/mol. The van der Waals surface area contributed by atoms with Crippen molar-refractivity contribution < 1.29 is 9.60 Å². The maximum absolute atomic E-state index is 12.8. The van der Waals surface area contributed by atoms with Crippen molar-refractivity contribution in [2.24, 2.45) is 10.9 Å². The summed E-state index contributed by atoms with van der Waals surface area (Å²) < 4.78 is 12.8. The lowest BCUT2D eigenvalue weighted by Crippen LogP contribution is -2.16. The fraction of sp³-hybridized carbons (Fsp3) is 0. The number of nitrogens with two attached hydrogens (primary N) is 1. The van der Waals surface area contributed by atoms with Crippen LogP contribution in [-0.4, -0.2) is 21.0 Å². The molecule has 0 spiro atoms. The molecule has 7 heteroatoms. The summed E-state index contributed by atoms with van der Waals surface area (Å²) in [6.07, 6.45) is 2.95. The van der Waals surface area contributed by atoms with Crippen LogP contribution in [0, 0.1) is 5.82 Å². The zero-order chi connectivity index (χ0) is 13.0. The van der Waals surface area contributed by atoms with Crippen molar-refractivity contribution in [1.82, 2.24) is 9.97 Å². The molecule has 18 heavy (non-hydrogen) atoms. The number of amidine groups is 1. The zero-order valence-corrected chi connectivity index (χ0v) is 9.93. The summed E-state index contributed by atoms with van der Waals surface area (Å²) in [7, 11) is 0. The van der Waals surface area contributed by atoms with Gasteiger partial charge in [0.1, 0.15) is 16.5 Å². The minimum Gasteiger partial charge on any atom is -0.409 e. The second-order valence-corrected chi connectivity index (χ2v) is 4.31. The van der Waals surface area contributed by atoms with Crippen LogP contribution in [0.5, 0.6) is 0 Å². The molecule has 0 fully saturated rings. The highest BCUT2D eigenvalue weighted by atomic mass is 32.2. The number of oxime groups is 1. The fourth-order valence-corrected chi connectivity index (χ4v) is 2.10. The number of benzene rings is 1. The summed E-state index contributed by atoms with van der Waals surface area (Å²) in [5.74, 6) is -0.428. The summed E-state index contributed by atoms with van der Waals surface area (Å²) >= 11 is 1.25. The molecule has 0 atom stereocenters. The van der Waals surface area contributed by atoms with E-state index in [2.05, 4.69) is 15.1 Å². The average molecular weight is 264 g/mol. The molecule has 0 aliphatic rings. The van der Waals surface area contributed by atoms with Crippen LogP contribution < -0.4 is 5.73 Å². The van der Waals surface area contributed by atoms with Crippen LogP contribution in [0.3, 0.4) is 0 Å². The summed E-state index contributed by atoms with van der Waals surface area (Å²) in [4.78, 5) is 8.87. The molecular weight excluding hydrogens is 255 g/mol. The van der Waals surface area contributed by atoms with Gasteiger partial charge >= 0.3 is 0 Å². The van der Waals surface area contributed by atoms with Crippen molar-refractivity contribution in [1.29, 1.82) is 0 Å². The molecule has 92 valence electrons. The van der Waals surface area contributed by atoms with Crippen LogP contribution in [0.25, 0.3) is 0 Å². The Balaban J connectivity index is 2.32. The van der Waals surface area contributed by atoms with Gasteiger partial charge in [-0.3, -0.25) is 0 Å². The molecule has 0 aliphatic carbocycles. The first-order valence-corrected chi connectivity index (χ1v) is 5.74. The minimum absolute atomic E-state index is 0.118. The molecule has 0 saturated carbocycles. The Labute approximate surface area is 107 Å². The number of hydrogen-bond acceptors (Lipinski definition) is 5. The Kier molecular flexibility index (Phi) is 3.73. The first kappa shape index (κ1) is 12.3. The van der Waals surface area contributed by atoms with Crippen molar-refractivity contribution in [3.05, 3.63) is 48.2 Å². The van der Waals surface area contributed by atoms with Crippen molar-refractivity contribution in [3.63, 3.8) is 0 Å². The van der Waals surface area contributed by atoms with Gasteiger partial charge in [0, 0.05) is 17.3 Å². The Morgan fingerprint density at radius 1 is 1.22 bits per heavy atom. The molecule has 2 rings (SSSR count). The molecule has 1 heterocycles. The van der Waals surface area contributed by atoms with E-state index in [9.17, 15) is 4.39 Å². The normalized spacial score (nSPS) is 11.5. The van der Waals surface area contributed by atoms with Crippen LogP contribution in [0.15, 0.2) is 51.7 Å². The predicted octanol–water partition coefficient (Wildman–Crippen LogP) is 1.86. The lowest BCUT2D eigenvalue weighted by atomic mass is 10.4. The molecule has 3 N–H and O–H groups in total. The monoisotopic (exact) mass is 264 g/mol. The van der Waals surface area contributed by atoms with Gasteiger partial charge in [0.25, 0.3) is 0 Å². The number of rotatable bonds is 3. The lowest BCUT2D eigenvalue weighted by Gasteiger charge is -2.05. The highest BCUT2D eigenvalue weighted by molar-refractivity contribution is 7.99. The fourth-order valence-electron chi connectivity index (χ4n) is 1.24. The van der Waals surface area contributed by atoms with Crippen LogP contribution in [0.1, 0.15) is 5.69 Å². The molecule has 0 aliphatic heterocycles. The summed E-state index contributed by atoms with van der Waals surface area (Å²) in [6, 6.07) is 5.93. The van der Waals surface area contributed by atoms with E-state index in [1.54, 1.807) is 12.1 Å². The lowest BCUT2D eigenvalue weighted by molar-refractivity contribution is 0.318. The molecule has 1 aromatic carbocycles. The highest BCUT2D eigenvalue weighted by Gasteiger charge is 2.11. The molecule has 0 bridgehead atoms. The van der Waals surface area contributed by atoms with Gasteiger partial charge in [0.2, 0.25) is 0 Å². The van der Waals surface area contributed by atoms with Gasteiger partial charge in [-0.05, 0) is 24.3 Å². The topological polar surface area (TPSA) is 84.4 Å². The number of nitrogens with zero attached hydrogens (tertiary/aromatic N) is 3. The second kappa shape index (κ2) is 5.46. The molecule has 1 aromatic heterocycles. The van der Waals surface area contributed by atoms with E-state index in [1.807, 2.05) is 0 Å². The second-order valence-electron chi connectivity index (χ2n) is 3.25. The van der Waals surface area contributed by atoms with E-state index < -0.39 is 0 Å². The largest absolute Gasteiger partial charge is 0.409 e. The number of halogens is 1. The van der Waals surface area contributed by atoms with E-state index in [0.29, 0.717) is 5.03 Å². The van der Waals surface area contributed by atoms with Gasteiger partial charge in [-0.1, -0.05) is 16.9 Å². The van der Waals surface area contributed by atoms with E-state index in [0.717, 1.165) is 4.90 Å². The van der Waals surface area contributed by atoms with Gasteiger partial charge in [-0.25, -0.2) is 14.4 Å². The smallest absolute Gasteiger partial charge is 0.191 e. The first-order valence-electron chi connectivity index (χ1n) is 4.93. The third kappa shape index (κ3) is 2.75. The van der Waals surface area contributed by atoms with Crippen molar-refractivity contribution in [3.8, 4) is 0 Å². The summed E-state index contributed by atoms with van der Waals surface area (Å²) in [5.41, 5.74) is 5.78. The first-order chi connectivity index (χ1) is 8.70. The van der Waals surface area contributed by atoms with Crippen LogP contribution in [0.4, 0.5) is 4.39 Å². The van der Waals surface area contributed by atoms with Crippen molar-refractivity contribution in [2.75, 3.05) is 0 Å². The van der Waals surface area contributed by atoms with Gasteiger partial charge in [0.05, 0.1) is 0 Å². The van der Waals surface area contributed by atoms with Crippen molar-refractivity contribution in [2.45, 2.75) is 9.92 Å². The molecule has 0 radical (unpaired) electrons. The average Bonchev–Trinajstić information content (AvgIpc) is 2.41. The maximum atomic E-state index is 12.8. The zero-order valence-electron chi connectivity index (χ0n) is 9.12. The maximum Gasteiger partial charge on any atom is 0.191 e. The van der Waals surface area contributed by atoms with Gasteiger partial charge in [-0.15, -0.1) is 0 Å².